The zero-order chi connectivity index (χ0) is 15.8. The van der Waals surface area contributed by atoms with Crippen LogP contribution in [0.4, 0.5) is 0 Å². The second-order valence-electron chi connectivity index (χ2n) is 5.98. The van der Waals surface area contributed by atoms with Crippen molar-refractivity contribution in [2.45, 2.75) is 96.7 Å². The number of alkyl halides is 1. The first kappa shape index (κ1) is 22.0. The number of rotatable bonds is 16. The second-order valence-corrected chi connectivity index (χ2v) is 9.25. The van der Waals surface area contributed by atoms with E-state index in [1.165, 1.54) is 76.4 Å². The third-order valence-corrected chi connectivity index (χ3v) is 7.40. The van der Waals surface area contributed by atoms with Crippen molar-refractivity contribution >= 4 is 33.2 Å². The minimum Gasteiger partial charge on any atom is -0.127 e. The molecule has 128 valence electrons. The van der Waals surface area contributed by atoms with Crippen LogP contribution in [-0.4, -0.2) is 16.9 Å². The molecule has 0 bridgehead atoms. The molecule has 0 aromatic heterocycles. The SMILES string of the molecule is CCCCCCC(CCCCCC)[C@@H](CCCl)SSCC. The van der Waals surface area contributed by atoms with Gasteiger partial charge in [0, 0.05) is 16.9 Å². The van der Waals surface area contributed by atoms with E-state index in [0.29, 0.717) is 0 Å². The topological polar surface area (TPSA) is 0 Å². The Morgan fingerprint density at radius 3 is 1.76 bits per heavy atom. The Balaban J connectivity index is 4.25. The van der Waals surface area contributed by atoms with Crippen molar-refractivity contribution in [3.8, 4) is 0 Å². The molecule has 0 aromatic rings. The van der Waals surface area contributed by atoms with Crippen LogP contribution in [0, 0.1) is 5.92 Å². The van der Waals surface area contributed by atoms with E-state index in [-0.39, 0.29) is 0 Å². The highest BCUT2D eigenvalue weighted by Crippen LogP contribution is 2.38. The van der Waals surface area contributed by atoms with E-state index >= 15 is 0 Å². The summed E-state index contributed by atoms with van der Waals surface area (Å²) in [5, 5.41) is 0.774. The van der Waals surface area contributed by atoms with Crippen molar-refractivity contribution in [2.75, 3.05) is 11.6 Å². The van der Waals surface area contributed by atoms with Crippen molar-refractivity contribution < 1.29 is 0 Å². The molecule has 0 radical (unpaired) electrons. The van der Waals surface area contributed by atoms with Gasteiger partial charge in [0.2, 0.25) is 0 Å². The molecule has 0 aromatic carbocycles. The molecule has 3 heteroatoms. The fraction of sp³-hybridized carbons (Fsp3) is 1.00. The van der Waals surface area contributed by atoms with Crippen LogP contribution in [0.3, 0.4) is 0 Å². The van der Waals surface area contributed by atoms with Gasteiger partial charge in [0.05, 0.1) is 0 Å². The van der Waals surface area contributed by atoms with Crippen molar-refractivity contribution in [1.82, 2.24) is 0 Å². The molecule has 0 nitrogen and oxygen atoms in total. The molecule has 0 fully saturated rings. The van der Waals surface area contributed by atoms with Gasteiger partial charge in [0.1, 0.15) is 0 Å². The lowest BCUT2D eigenvalue weighted by Crippen LogP contribution is -2.18. The Kier molecular flexibility index (Phi) is 18.2. The van der Waals surface area contributed by atoms with E-state index in [4.69, 9.17) is 11.6 Å². The summed E-state index contributed by atoms with van der Waals surface area (Å²) in [5.74, 6) is 2.92. The van der Waals surface area contributed by atoms with E-state index < -0.39 is 0 Å². The maximum absolute atomic E-state index is 6.06. The largest absolute Gasteiger partial charge is 0.127 e. The Labute approximate surface area is 147 Å². The predicted molar refractivity (Wildman–Crippen MR) is 106 cm³/mol. The Morgan fingerprint density at radius 2 is 1.33 bits per heavy atom. The zero-order valence-electron chi connectivity index (χ0n) is 14.5. The van der Waals surface area contributed by atoms with E-state index in [1.54, 1.807) is 0 Å². The normalized spacial score (nSPS) is 13.0. The molecule has 0 amide bonds. The van der Waals surface area contributed by atoms with E-state index in [9.17, 15) is 0 Å². The van der Waals surface area contributed by atoms with Gasteiger partial charge in [0.15, 0.2) is 0 Å². The maximum atomic E-state index is 6.06. The molecular weight excluding hydrogens is 316 g/mol. The summed E-state index contributed by atoms with van der Waals surface area (Å²) in [6.45, 7) is 6.85. The lowest BCUT2D eigenvalue weighted by Gasteiger charge is -2.26. The molecule has 0 spiro atoms. The molecule has 0 aliphatic heterocycles. The molecule has 0 heterocycles. The van der Waals surface area contributed by atoms with E-state index in [2.05, 4.69) is 31.6 Å². The highest BCUT2D eigenvalue weighted by molar-refractivity contribution is 8.76. The number of halogens is 1. The fourth-order valence-corrected chi connectivity index (χ4v) is 5.82. The predicted octanol–water partition coefficient (Wildman–Crippen LogP) is 7.94. The van der Waals surface area contributed by atoms with Crippen LogP contribution in [0.2, 0.25) is 0 Å². The van der Waals surface area contributed by atoms with Crippen LogP contribution < -0.4 is 0 Å². The summed E-state index contributed by atoms with van der Waals surface area (Å²) in [4.78, 5) is 0. The first-order valence-electron chi connectivity index (χ1n) is 9.14. The molecule has 1 atom stereocenters. The van der Waals surface area contributed by atoms with Crippen molar-refractivity contribution in [1.29, 1.82) is 0 Å². The molecule has 0 saturated carbocycles. The number of hydrogen-bond donors (Lipinski definition) is 0. The molecule has 0 aliphatic rings. The van der Waals surface area contributed by atoms with Crippen molar-refractivity contribution in [2.24, 2.45) is 5.92 Å². The smallest absolute Gasteiger partial charge is 0.0234 e. The van der Waals surface area contributed by atoms with Crippen molar-refractivity contribution in [3.05, 3.63) is 0 Å². The average Bonchev–Trinajstić information content (AvgIpc) is 2.50. The van der Waals surface area contributed by atoms with Crippen molar-refractivity contribution in [3.63, 3.8) is 0 Å². The van der Waals surface area contributed by atoms with Gasteiger partial charge >= 0.3 is 0 Å². The summed E-state index contributed by atoms with van der Waals surface area (Å²) in [6.07, 6.45) is 15.2. The third-order valence-electron chi connectivity index (χ3n) is 4.09. The van der Waals surface area contributed by atoms with Gasteiger partial charge in [0.25, 0.3) is 0 Å². The first-order valence-corrected chi connectivity index (χ1v) is 12.1. The highest BCUT2D eigenvalue weighted by atomic mass is 35.5. The molecule has 0 saturated heterocycles. The number of hydrogen-bond acceptors (Lipinski definition) is 2. The third kappa shape index (κ3) is 13.2. The van der Waals surface area contributed by atoms with Gasteiger partial charge in [-0.15, -0.1) is 11.6 Å². The quantitative estimate of drug-likeness (QED) is 0.157. The van der Waals surface area contributed by atoms with Crippen LogP contribution in [0.5, 0.6) is 0 Å². The fourth-order valence-electron chi connectivity index (χ4n) is 2.81. The highest BCUT2D eigenvalue weighted by Gasteiger charge is 2.21. The van der Waals surface area contributed by atoms with Crippen LogP contribution in [0.1, 0.15) is 91.4 Å². The van der Waals surface area contributed by atoms with Gasteiger partial charge in [-0.05, 0) is 25.2 Å². The first-order chi connectivity index (χ1) is 10.3. The monoisotopic (exact) mass is 352 g/mol. The lowest BCUT2D eigenvalue weighted by molar-refractivity contribution is 0.390. The Morgan fingerprint density at radius 1 is 0.762 bits per heavy atom. The van der Waals surface area contributed by atoms with E-state index in [0.717, 1.165) is 17.0 Å². The van der Waals surface area contributed by atoms with Gasteiger partial charge in [-0.1, -0.05) is 93.7 Å². The minimum atomic E-state index is 0.774. The summed E-state index contributed by atoms with van der Waals surface area (Å²) >= 11 is 6.06. The van der Waals surface area contributed by atoms with Crippen LogP contribution in [0.15, 0.2) is 0 Å². The molecular formula is C18H37ClS2. The maximum Gasteiger partial charge on any atom is 0.0234 e. The Bertz CT molecular complexity index is 188. The van der Waals surface area contributed by atoms with Gasteiger partial charge in [-0.3, -0.25) is 0 Å². The minimum absolute atomic E-state index is 0.774. The van der Waals surface area contributed by atoms with Gasteiger partial charge in [-0.25, -0.2) is 0 Å². The summed E-state index contributed by atoms with van der Waals surface area (Å²) in [6, 6.07) is 0. The van der Waals surface area contributed by atoms with E-state index in [1.807, 2.05) is 10.8 Å². The molecule has 21 heavy (non-hydrogen) atoms. The lowest BCUT2D eigenvalue weighted by atomic mass is 9.90. The summed E-state index contributed by atoms with van der Waals surface area (Å²) in [5.41, 5.74) is 0. The molecule has 0 N–H and O–H groups in total. The standard InChI is InChI=1S/C18H37ClS2/c1-4-7-9-11-13-17(14-12-10-8-5-2)18(15-16-19)21-20-6-3/h17-18H,4-16H2,1-3H3/t18-/m1/s1. The second kappa shape index (κ2) is 17.3. The van der Waals surface area contributed by atoms with Gasteiger partial charge < -0.3 is 0 Å². The Hall–Kier alpha value is 0.990. The summed E-state index contributed by atoms with van der Waals surface area (Å²) in [7, 11) is 4.14. The summed E-state index contributed by atoms with van der Waals surface area (Å²) < 4.78 is 0. The molecule has 0 rings (SSSR count). The van der Waals surface area contributed by atoms with Crippen LogP contribution in [0.25, 0.3) is 0 Å². The van der Waals surface area contributed by atoms with Gasteiger partial charge in [-0.2, -0.15) is 0 Å². The molecule has 0 aliphatic carbocycles. The zero-order valence-corrected chi connectivity index (χ0v) is 16.9. The molecule has 0 unspecified atom stereocenters. The van der Waals surface area contributed by atoms with Crippen LogP contribution in [-0.2, 0) is 0 Å². The number of unbranched alkanes of at least 4 members (excludes halogenated alkanes) is 6. The van der Waals surface area contributed by atoms with Crippen LogP contribution >= 0.6 is 33.2 Å². The average molecular weight is 353 g/mol.